The van der Waals surface area contributed by atoms with Gasteiger partial charge in [-0.3, -0.25) is 19.2 Å². The van der Waals surface area contributed by atoms with Crippen molar-refractivity contribution in [2.75, 3.05) is 37.3 Å². The molecule has 1 fully saturated rings. The van der Waals surface area contributed by atoms with Crippen molar-refractivity contribution in [3.8, 4) is 0 Å². The number of amides is 2. The van der Waals surface area contributed by atoms with Gasteiger partial charge in [0.15, 0.2) is 0 Å². The lowest BCUT2D eigenvalue weighted by Crippen LogP contribution is -2.48. The molecule has 39 heavy (non-hydrogen) atoms. The monoisotopic (exact) mass is 526 g/mol. The normalized spacial score (nSPS) is 15.0. The Balaban J connectivity index is 1.22. The maximum Gasteiger partial charge on any atom is 0.255 e. The van der Waals surface area contributed by atoms with Gasteiger partial charge in [-0.05, 0) is 61.7 Å². The molecular formula is C29H34N8O2. The van der Waals surface area contributed by atoms with Gasteiger partial charge in [-0.1, -0.05) is 18.2 Å². The number of piperazine rings is 1. The number of benzene rings is 2. The summed E-state index contributed by atoms with van der Waals surface area (Å²) in [6.07, 6.45) is 3.59. The lowest BCUT2D eigenvalue weighted by molar-refractivity contribution is -0.134. The van der Waals surface area contributed by atoms with Gasteiger partial charge in [0.25, 0.3) is 5.91 Å². The van der Waals surface area contributed by atoms with Crippen LogP contribution in [0.25, 0.3) is 11.2 Å². The Kier molecular flexibility index (Phi) is 7.56. The number of hydrogen-bond donors (Lipinski definition) is 2. The van der Waals surface area contributed by atoms with Crippen molar-refractivity contribution < 1.29 is 9.59 Å². The van der Waals surface area contributed by atoms with E-state index in [1.54, 1.807) is 11.1 Å². The maximum absolute atomic E-state index is 13.1. The van der Waals surface area contributed by atoms with E-state index in [4.69, 9.17) is 0 Å². The molecule has 0 radical (unpaired) electrons. The first kappa shape index (κ1) is 26.3. The largest absolute Gasteiger partial charge is 0.362 e. The molecule has 0 saturated carbocycles. The van der Waals surface area contributed by atoms with Crippen LogP contribution in [0.4, 0.5) is 11.5 Å². The molecule has 0 bridgehead atoms. The SMILES string of the molecule is CCn1cc2ncc(N[C@@H](C)c3cccc(NC(=O)c4ccc(CN5CCN(C)C(=O)C5)c(C)c4)c3)nc2n1. The average Bonchev–Trinajstić information content (AvgIpc) is 3.34. The van der Waals surface area contributed by atoms with Crippen LogP contribution in [0.3, 0.4) is 0 Å². The molecule has 0 aliphatic carbocycles. The number of nitrogens with zero attached hydrogens (tertiary/aromatic N) is 6. The first-order valence-corrected chi connectivity index (χ1v) is 13.2. The predicted octanol–water partition coefficient (Wildman–Crippen LogP) is 3.85. The minimum absolute atomic E-state index is 0.0650. The van der Waals surface area contributed by atoms with Crippen molar-refractivity contribution in [3.63, 3.8) is 0 Å². The molecule has 2 aromatic carbocycles. The highest BCUT2D eigenvalue weighted by atomic mass is 16.2. The Hall–Kier alpha value is -4.31. The molecule has 5 rings (SSSR count). The summed E-state index contributed by atoms with van der Waals surface area (Å²) >= 11 is 0. The van der Waals surface area contributed by atoms with Gasteiger partial charge in [0.2, 0.25) is 11.6 Å². The van der Waals surface area contributed by atoms with Crippen LogP contribution in [0.1, 0.15) is 46.9 Å². The number of fused-ring (bicyclic) bond motifs is 1. The zero-order valence-electron chi connectivity index (χ0n) is 22.8. The fourth-order valence-electron chi connectivity index (χ4n) is 4.67. The molecular weight excluding hydrogens is 492 g/mol. The van der Waals surface area contributed by atoms with E-state index in [9.17, 15) is 9.59 Å². The molecule has 1 aliphatic rings. The smallest absolute Gasteiger partial charge is 0.255 e. The molecule has 2 N–H and O–H groups in total. The lowest BCUT2D eigenvalue weighted by Gasteiger charge is -2.32. The molecule has 1 atom stereocenters. The van der Waals surface area contributed by atoms with Crippen molar-refractivity contribution in [1.29, 1.82) is 0 Å². The first-order chi connectivity index (χ1) is 18.8. The van der Waals surface area contributed by atoms with Crippen molar-refractivity contribution in [1.82, 2.24) is 29.5 Å². The predicted molar refractivity (Wildman–Crippen MR) is 152 cm³/mol. The molecule has 3 heterocycles. The van der Waals surface area contributed by atoms with Crippen LogP contribution in [0, 0.1) is 6.92 Å². The number of aryl methyl sites for hydroxylation is 2. The molecule has 0 unspecified atom stereocenters. The number of hydrogen-bond acceptors (Lipinski definition) is 7. The molecule has 10 heteroatoms. The summed E-state index contributed by atoms with van der Waals surface area (Å²) in [6, 6.07) is 13.4. The molecule has 2 amide bonds. The Bertz CT molecular complexity index is 1510. The highest BCUT2D eigenvalue weighted by Gasteiger charge is 2.21. The van der Waals surface area contributed by atoms with Crippen LogP contribution in [0.15, 0.2) is 54.9 Å². The highest BCUT2D eigenvalue weighted by Crippen LogP contribution is 2.23. The average molecular weight is 527 g/mol. The number of carbonyl (C=O) groups is 2. The number of anilines is 2. The Labute approximate surface area is 228 Å². The van der Waals surface area contributed by atoms with Crippen LogP contribution >= 0.6 is 0 Å². The second-order valence-corrected chi connectivity index (χ2v) is 10.1. The molecule has 1 saturated heterocycles. The summed E-state index contributed by atoms with van der Waals surface area (Å²) in [6.45, 7) is 9.52. The fourth-order valence-corrected chi connectivity index (χ4v) is 4.67. The van der Waals surface area contributed by atoms with Crippen LogP contribution in [0.2, 0.25) is 0 Å². The first-order valence-electron chi connectivity index (χ1n) is 13.2. The van der Waals surface area contributed by atoms with E-state index in [2.05, 4.69) is 30.6 Å². The van der Waals surface area contributed by atoms with E-state index < -0.39 is 0 Å². The Morgan fingerprint density at radius 3 is 2.77 bits per heavy atom. The van der Waals surface area contributed by atoms with E-state index >= 15 is 0 Å². The zero-order valence-corrected chi connectivity index (χ0v) is 22.8. The van der Waals surface area contributed by atoms with E-state index in [-0.39, 0.29) is 17.9 Å². The van der Waals surface area contributed by atoms with Gasteiger partial charge in [0.1, 0.15) is 11.3 Å². The van der Waals surface area contributed by atoms with Crippen molar-refractivity contribution in [3.05, 3.63) is 77.1 Å². The third-order valence-corrected chi connectivity index (χ3v) is 7.14. The second-order valence-electron chi connectivity index (χ2n) is 10.1. The molecule has 2 aromatic heterocycles. The van der Waals surface area contributed by atoms with Gasteiger partial charge >= 0.3 is 0 Å². The third kappa shape index (κ3) is 6.06. The summed E-state index contributed by atoms with van der Waals surface area (Å²) in [5.74, 6) is 0.613. The summed E-state index contributed by atoms with van der Waals surface area (Å²) in [5.41, 5.74) is 5.83. The van der Waals surface area contributed by atoms with E-state index in [0.717, 1.165) is 41.8 Å². The van der Waals surface area contributed by atoms with E-state index in [1.165, 1.54) is 0 Å². The zero-order chi connectivity index (χ0) is 27.5. The number of rotatable bonds is 8. The van der Waals surface area contributed by atoms with E-state index in [1.807, 2.05) is 81.2 Å². The van der Waals surface area contributed by atoms with Gasteiger partial charge in [-0.15, -0.1) is 0 Å². The van der Waals surface area contributed by atoms with Crippen molar-refractivity contribution in [2.45, 2.75) is 39.9 Å². The van der Waals surface area contributed by atoms with Gasteiger partial charge < -0.3 is 15.5 Å². The molecule has 202 valence electrons. The Morgan fingerprint density at radius 1 is 1.15 bits per heavy atom. The van der Waals surface area contributed by atoms with Crippen LogP contribution in [-0.2, 0) is 17.9 Å². The van der Waals surface area contributed by atoms with Crippen molar-refractivity contribution in [2.24, 2.45) is 0 Å². The summed E-state index contributed by atoms with van der Waals surface area (Å²) in [5, 5.41) is 10.8. The summed E-state index contributed by atoms with van der Waals surface area (Å²) < 4.78 is 1.81. The number of nitrogens with one attached hydrogen (secondary N) is 2. The van der Waals surface area contributed by atoms with Crippen LogP contribution < -0.4 is 10.6 Å². The minimum Gasteiger partial charge on any atom is -0.362 e. The third-order valence-electron chi connectivity index (χ3n) is 7.14. The minimum atomic E-state index is -0.167. The van der Waals surface area contributed by atoms with Gasteiger partial charge in [0, 0.05) is 44.5 Å². The fraction of sp³-hybridized carbons (Fsp3) is 0.345. The van der Waals surface area contributed by atoms with Crippen LogP contribution in [-0.4, -0.2) is 68.0 Å². The van der Waals surface area contributed by atoms with Crippen molar-refractivity contribution >= 4 is 34.5 Å². The topological polar surface area (TPSA) is 108 Å². The molecule has 1 aliphatic heterocycles. The van der Waals surface area contributed by atoms with E-state index in [0.29, 0.717) is 35.8 Å². The summed E-state index contributed by atoms with van der Waals surface area (Å²) in [7, 11) is 1.84. The van der Waals surface area contributed by atoms with Gasteiger partial charge in [-0.25, -0.2) is 9.97 Å². The molecule has 4 aromatic rings. The van der Waals surface area contributed by atoms with Crippen LogP contribution in [0.5, 0.6) is 0 Å². The second kappa shape index (κ2) is 11.2. The maximum atomic E-state index is 13.1. The highest BCUT2D eigenvalue weighted by molar-refractivity contribution is 6.04. The standard InChI is InChI=1S/C29H34N8O2/c1-5-37-17-25-28(34-37)33-26(15-30-25)31-20(3)21-7-6-8-24(14-21)32-29(39)22-9-10-23(19(2)13-22)16-36-12-11-35(4)27(38)18-36/h6-10,13-15,17,20H,5,11-12,16,18H2,1-4H3,(H,32,39)(H,31,33,34)/t20-/m0/s1. The molecule has 10 nitrogen and oxygen atoms in total. The summed E-state index contributed by atoms with van der Waals surface area (Å²) in [4.78, 5) is 38.0. The van der Waals surface area contributed by atoms with Gasteiger partial charge in [0.05, 0.1) is 25.0 Å². The number of aromatic nitrogens is 4. The quantitative estimate of drug-likeness (QED) is 0.359. The van der Waals surface area contributed by atoms with Gasteiger partial charge in [-0.2, -0.15) is 5.10 Å². The Morgan fingerprint density at radius 2 is 2.00 bits per heavy atom. The lowest BCUT2D eigenvalue weighted by atomic mass is 10.0. The molecule has 0 spiro atoms. The number of likely N-dealkylation sites (N-methyl/N-ethyl adjacent to an activating group) is 1. The number of carbonyl (C=O) groups excluding carboxylic acids is 2.